The van der Waals surface area contributed by atoms with Crippen LogP contribution in [0.4, 0.5) is 0 Å². The molecule has 1 N–H and O–H groups in total. The maximum Gasteiger partial charge on any atom is 0.327 e. The molecule has 0 radical (unpaired) electrons. The van der Waals surface area contributed by atoms with Gasteiger partial charge in [-0.15, -0.1) is 0 Å². The fourth-order valence-corrected chi connectivity index (χ4v) is 1.19. The largest absolute Gasteiger partial charge is 0.465 e. The Hall–Kier alpha value is -1.42. The molecule has 0 bridgehead atoms. The predicted octanol–water partition coefficient (Wildman–Crippen LogP) is 0.905. The van der Waals surface area contributed by atoms with E-state index in [-0.39, 0.29) is 5.97 Å². The number of rotatable bonds is 4. The molecule has 1 heterocycles. The highest BCUT2D eigenvalue weighted by Crippen LogP contribution is 2.12. The number of hydrogen-bond acceptors (Lipinski definition) is 4. The molecule has 0 saturated carbocycles. The Morgan fingerprint density at radius 3 is 3.00 bits per heavy atom. The van der Waals surface area contributed by atoms with Crippen LogP contribution in [0.5, 0.6) is 0 Å². The second-order valence-electron chi connectivity index (χ2n) is 2.76. The van der Waals surface area contributed by atoms with E-state index in [1.165, 1.54) is 0 Å². The van der Waals surface area contributed by atoms with Crippen LogP contribution in [0.2, 0.25) is 0 Å². The van der Waals surface area contributed by atoms with Crippen LogP contribution in [-0.2, 0) is 9.53 Å². The van der Waals surface area contributed by atoms with Gasteiger partial charge in [-0.2, -0.15) is 0 Å². The summed E-state index contributed by atoms with van der Waals surface area (Å²) in [4.78, 5) is 15.4. The number of nitrogens with zero attached hydrogens (tertiary/aromatic N) is 1. The van der Waals surface area contributed by atoms with Crippen LogP contribution < -0.4 is 5.32 Å². The Morgan fingerprint density at radius 1 is 1.71 bits per heavy atom. The van der Waals surface area contributed by atoms with Gasteiger partial charge in [0, 0.05) is 12.4 Å². The maximum absolute atomic E-state index is 11.5. The topological polar surface area (TPSA) is 51.2 Å². The van der Waals surface area contributed by atoms with Crippen LogP contribution in [0.1, 0.15) is 18.5 Å². The summed E-state index contributed by atoms with van der Waals surface area (Å²) in [5.74, 6) is -0.275. The lowest BCUT2D eigenvalue weighted by Crippen LogP contribution is -2.27. The Labute approximate surface area is 83.3 Å². The number of aromatic nitrogens is 1. The van der Waals surface area contributed by atoms with E-state index in [1.54, 1.807) is 32.4 Å². The highest BCUT2D eigenvalue weighted by molar-refractivity contribution is 5.77. The van der Waals surface area contributed by atoms with E-state index < -0.39 is 6.04 Å². The first kappa shape index (κ1) is 10.7. The molecule has 0 fully saturated rings. The van der Waals surface area contributed by atoms with Crippen molar-refractivity contribution in [3.63, 3.8) is 0 Å². The summed E-state index contributed by atoms with van der Waals surface area (Å²) in [5.41, 5.74) is 0.813. The van der Waals surface area contributed by atoms with Gasteiger partial charge >= 0.3 is 5.97 Å². The molecule has 1 rings (SSSR count). The molecule has 0 spiro atoms. The lowest BCUT2D eigenvalue weighted by molar-refractivity contribution is -0.145. The van der Waals surface area contributed by atoms with E-state index in [0.29, 0.717) is 6.61 Å². The first-order chi connectivity index (χ1) is 6.79. The summed E-state index contributed by atoms with van der Waals surface area (Å²) in [5, 5.41) is 2.89. The van der Waals surface area contributed by atoms with Crippen molar-refractivity contribution in [3.8, 4) is 0 Å². The lowest BCUT2D eigenvalue weighted by atomic mass is 10.1. The molecule has 76 valence electrons. The van der Waals surface area contributed by atoms with Crippen LogP contribution in [0.15, 0.2) is 24.5 Å². The maximum atomic E-state index is 11.5. The Morgan fingerprint density at radius 2 is 2.50 bits per heavy atom. The van der Waals surface area contributed by atoms with Gasteiger partial charge in [-0.25, -0.2) is 4.79 Å². The van der Waals surface area contributed by atoms with Gasteiger partial charge < -0.3 is 10.1 Å². The third-order valence-corrected chi connectivity index (χ3v) is 1.83. The van der Waals surface area contributed by atoms with E-state index in [1.807, 2.05) is 6.07 Å². The molecular formula is C10H14N2O2. The molecule has 0 unspecified atom stereocenters. The summed E-state index contributed by atoms with van der Waals surface area (Å²) in [6.07, 6.45) is 3.32. The fourth-order valence-electron chi connectivity index (χ4n) is 1.19. The number of nitrogens with one attached hydrogen (secondary N) is 1. The summed E-state index contributed by atoms with van der Waals surface area (Å²) >= 11 is 0. The molecule has 0 saturated heterocycles. The van der Waals surface area contributed by atoms with Crippen LogP contribution >= 0.6 is 0 Å². The predicted molar refractivity (Wildman–Crippen MR) is 52.7 cm³/mol. The minimum absolute atomic E-state index is 0.275. The molecule has 0 amide bonds. The average molecular weight is 194 g/mol. The lowest BCUT2D eigenvalue weighted by Gasteiger charge is -2.13. The summed E-state index contributed by atoms with van der Waals surface area (Å²) in [7, 11) is 1.72. The molecule has 0 aromatic carbocycles. The number of hydrogen-bond donors (Lipinski definition) is 1. The van der Waals surface area contributed by atoms with Crippen molar-refractivity contribution in [2.45, 2.75) is 13.0 Å². The van der Waals surface area contributed by atoms with E-state index in [0.717, 1.165) is 5.56 Å². The van der Waals surface area contributed by atoms with Crippen molar-refractivity contribution in [2.75, 3.05) is 13.7 Å². The quantitative estimate of drug-likeness (QED) is 0.724. The van der Waals surface area contributed by atoms with Gasteiger partial charge in [-0.3, -0.25) is 4.98 Å². The fraction of sp³-hybridized carbons (Fsp3) is 0.400. The first-order valence-corrected chi connectivity index (χ1v) is 4.53. The zero-order valence-electron chi connectivity index (χ0n) is 8.36. The monoisotopic (exact) mass is 194 g/mol. The van der Waals surface area contributed by atoms with Gasteiger partial charge in [0.25, 0.3) is 0 Å². The molecule has 0 aliphatic carbocycles. The molecule has 0 aliphatic heterocycles. The van der Waals surface area contributed by atoms with Crippen molar-refractivity contribution in [1.29, 1.82) is 0 Å². The van der Waals surface area contributed by atoms with Crippen molar-refractivity contribution in [1.82, 2.24) is 10.3 Å². The van der Waals surface area contributed by atoms with Gasteiger partial charge in [0.15, 0.2) is 0 Å². The molecular weight excluding hydrogens is 180 g/mol. The van der Waals surface area contributed by atoms with Crippen molar-refractivity contribution in [3.05, 3.63) is 30.1 Å². The zero-order chi connectivity index (χ0) is 10.4. The highest BCUT2D eigenvalue weighted by atomic mass is 16.5. The highest BCUT2D eigenvalue weighted by Gasteiger charge is 2.19. The number of esters is 1. The average Bonchev–Trinajstić information content (AvgIpc) is 2.21. The number of ether oxygens (including phenoxy) is 1. The van der Waals surface area contributed by atoms with Crippen LogP contribution in [0.3, 0.4) is 0 Å². The van der Waals surface area contributed by atoms with E-state index >= 15 is 0 Å². The summed E-state index contributed by atoms with van der Waals surface area (Å²) in [6.45, 7) is 2.17. The van der Waals surface area contributed by atoms with E-state index in [9.17, 15) is 4.79 Å². The van der Waals surface area contributed by atoms with Crippen LogP contribution in [-0.4, -0.2) is 24.6 Å². The molecule has 0 aliphatic rings. The number of carbonyl (C=O) groups is 1. The van der Waals surface area contributed by atoms with Crippen molar-refractivity contribution >= 4 is 5.97 Å². The first-order valence-electron chi connectivity index (χ1n) is 4.53. The van der Waals surface area contributed by atoms with E-state index in [2.05, 4.69) is 10.3 Å². The van der Waals surface area contributed by atoms with Crippen LogP contribution in [0, 0.1) is 0 Å². The summed E-state index contributed by atoms with van der Waals surface area (Å²) < 4.78 is 4.92. The Bertz CT molecular complexity index is 287. The van der Waals surface area contributed by atoms with Gasteiger partial charge in [0.05, 0.1) is 6.61 Å². The SMILES string of the molecule is CCOC(=O)[C@H](NC)c1cccnc1. The van der Waals surface area contributed by atoms with Crippen molar-refractivity contribution in [2.24, 2.45) is 0 Å². The van der Waals surface area contributed by atoms with Gasteiger partial charge in [-0.1, -0.05) is 6.07 Å². The molecule has 1 atom stereocenters. The second kappa shape index (κ2) is 5.34. The molecule has 4 heteroatoms. The van der Waals surface area contributed by atoms with Gasteiger partial charge in [0.1, 0.15) is 6.04 Å². The minimum atomic E-state index is -0.427. The third kappa shape index (κ3) is 2.53. The number of pyridine rings is 1. The van der Waals surface area contributed by atoms with Gasteiger partial charge in [0.2, 0.25) is 0 Å². The molecule has 1 aromatic rings. The zero-order valence-corrected chi connectivity index (χ0v) is 8.36. The number of likely N-dealkylation sites (N-methyl/N-ethyl adjacent to an activating group) is 1. The standard InChI is InChI=1S/C10H14N2O2/c1-3-14-10(13)9(11-2)8-5-4-6-12-7-8/h4-7,9,11H,3H2,1-2H3/t9-/m1/s1. The third-order valence-electron chi connectivity index (χ3n) is 1.83. The van der Waals surface area contributed by atoms with Crippen molar-refractivity contribution < 1.29 is 9.53 Å². The minimum Gasteiger partial charge on any atom is -0.465 e. The molecule has 1 aromatic heterocycles. The normalized spacial score (nSPS) is 12.1. The van der Waals surface area contributed by atoms with Crippen LogP contribution in [0.25, 0.3) is 0 Å². The smallest absolute Gasteiger partial charge is 0.327 e. The molecule has 4 nitrogen and oxygen atoms in total. The van der Waals surface area contributed by atoms with E-state index in [4.69, 9.17) is 4.74 Å². The summed E-state index contributed by atoms with van der Waals surface area (Å²) in [6, 6.07) is 3.20. The van der Waals surface area contributed by atoms with Gasteiger partial charge in [-0.05, 0) is 25.6 Å². The Kier molecular flexibility index (Phi) is 4.07. The Balaban J connectivity index is 2.77. The number of carbonyl (C=O) groups excluding carboxylic acids is 1. The second-order valence-corrected chi connectivity index (χ2v) is 2.76. The molecule has 14 heavy (non-hydrogen) atoms.